The van der Waals surface area contributed by atoms with Crippen LogP contribution in [0.25, 0.3) is 0 Å². The quantitative estimate of drug-likeness (QED) is 0.708. The Morgan fingerprint density at radius 1 is 1.03 bits per heavy atom. The number of hydrogen-bond acceptors (Lipinski definition) is 5. The molecule has 0 spiro atoms. The Bertz CT molecular complexity index is 1040. The number of carbonyl (C=O) groups excluding carboxylic acids is 3. The van der Waals surface area contributed by atoms with Gasteiger partial charge < -0.3 is 9.64 Å². The number of benzene rings is 2. The van der Waals surface area contributed by atoms with Crippen LogP contribution in [0.15, 0.2) is 48.5 Å². The summed E-state index contributed by atoms with van der Waals surface area (Å²) < 4.78 is 6.14. The van der Waals surface area contributed by atoms with Crippen molar-refractivity contribution in [1.29, 1.82) is 0 Å². The van der Waals surface area contributed by atoms with E-state index in [2.05, 4.69) is 34.5 Å². The molecule has 2 fully saturated rings. The number of rotatable bonds is 6. The summed E-state index contributed by atoms with van der Waals surface area (Å²) in [6.45, 7) is 2.97. The molecule has 1 N–H and O–H groups in total. The molecule has 3 amide bonds. The number of ether oxygens (including phenoxy) is 1. The van der Waals surface area contributed by atoms with Crippen LogP contribution in [0.3, 0.4) is 0 Å². The number of nitrogens with zero attached hydrogens (tertiary/aromatic N) is 2. The molecule has 0 aliphatic carbocycles. The lowest BCUT2D eigenvalue weighted by Crippen LogP contribution is -2.52. The summed E-state index contributed by atoms with van der Waals surface area (Å²) in [4.78, 5) is 40.5. The van der Waals surface area contributed by atoms with Gasteiger partial charge in [-0.25, -0.2) is 0 Å². The van der Waals surface area contributed by atoms with Gasteiger partial charge in [-0.2, -0.15) is 0 Å². The predicted molar refractivity (Wildman–Crippen MR) is 118 cm³/mol. The minimum Gasteiger partial charge on any atom is -0.492 e. The molecule has 7 nitrogen and oxygen atoms in total. The van der Waals surface area contributed by atoms with Crippen molar-refractivity contribution in [2.75, 3.05) is 13.2 Å². The Morgan fingerprint density at radius 2 is 1.88 bits per heavy atom. The Kier molecular flexibility index (Phi) is 5.66. The second-order valence-electron chi connectivity index (χ2n) is 8.78. The first kappa shape index (κ1) is 20.7. The number of piperidine rings is 1. The van der Waals surface area contributed by atoms with E-state index in [0.29, 0.717) is 31.2 Å². The van der Waals surface area contributed by atoms with Crippen molar-refractivity contribution in [1.82, 2.24) is 15.1 Å². The third kappa shape index (κ3) is 4.12. The molecule has 0 aromatic heterocycles. The van der Waals surface area contributed by atoms with E-state index < -0.39 is 11.9 Å². The number of carbonyl (C=O) groups is 3. The lowest BCUT2D eigenvalue weighted by Gasteiger charge is -2.29. The maximum Gasteiger partial charge on any atom is 0.255 e. The molecule has 0 bridgehead atoms. The molecule has 5 rings (SSSR count). The van der Waals surface area contributed by atoms with Crippen molar-refractivity contribution in [3.63, 3.8) is 0 Å². The van der Waals surface area contributed by atoms with Crippen molar-refractivity contribution in [3.8, 4) is 5.75 Å². The highest BCUT2D eigenvalue weighted by atomic mass is 16.5. The normalized spacial score (nSPS) is 23.4. The van der Waals surface area contributed by atoms with Crippen molar-refractivity contribution >= 4 is 17.7 Å². The molecular weight excluding hydrogens is 406 g/mol. The maximum atomic E-state index is 12.8. The molecule has 0 saturated carbocycles. The number of fused-ring (bicyclic) bond motifs is 1. The van der Waals surface area contributed by atoms with E-state index >= 15 is 0 Å². The van der Waals surface area contributed by atoms with Crippen LogP contribution < -0.4 is 10.1 Å². The topological polar surface area (TPSA) is 79.0 Å². The van der Waals surface area contributed by atoms with Gasteiger partial charge in [-0.1, -0.05) is 30.3 Å². The molecule has 2 aromatic rings. The van der Waals surface area contributed by atoms with Crippen LogP contribution in [0.5, 0.6) is 5.75 Å². The largest absolute Gasteiger partial charge is 0.492 e. The highest BCUT2D eigenvalue weighted by Crippen LogP contribution is 2.30. The first-order chi connectivity index (χ1) is 15.6. The third-order valence-electron chi connectivity index (χ3n) is 6.66. The van der Waals surface area contributed by atoms with Gasteiger partial charge in [0, 0.05) is 31.1 Å². The van der Waals surface area contributed by atoms with Crippen LogP contribution in [0.1, 0.15) is 47.2 Å². The van der Waals surface area contributed by atoms with Crippen LogP contribution in [-0.2, 0) is 22.7 Å². The van der Waals surface area contributed by atoms with E-state index in [1.54, 1.807) is 11.0 Å². The monoisotopic (exact) mass is 433 g/mol. The van der Waals surface area contributed by atoms with Crippen LogP contribution >= 0.6 is 0 Å². The lowest BCUT2D eigenvalue weighted by molar-refractivity contribution is -0.136. The van der Waals surface area contributed by atoms with Crippen LogP contribution in [0.4, 0.5) is 0 Å². The zero-order chi connectivity index (χ0) is 22.1. The summed E-state index contributed by atoms with van der Waals surface area (Å²) >= 11 is 0. The number of amides is 3. The molecular formula is C25H27N3O4. The Labute approximate surface area is 187 Å². The molecule has 2 aromatic carbocycles. The van der Waals surface area contributed by atoms with Gasteiger partial charge in [-0.15, -0.1) is 0 Å². The van der Waals surface area contributed by atoms with Gasteiger partial charge in [0.15, 0.2) is 0 Å². The van der Waals surface area contributed by atoms with Crippen molar-refractivity contribution < 1.29 is 19.1 Å². The number of nitrogens with one attached hydrogen (secondary N) is 1. The highest BCUT2D eigenvalue weighted by molar-refractivity contribution is 6.05. The van der Waals surface area contributed by atoms with Gasteiger partial charge in [-0.05, 0) is 55.1 Å². The smallest absolute Gasteiger partial charge is 0.255 e. The van der Waals surface area contributed by atoms with E-state index in [1.807, 2.05) is 18.2 Å². The average molecular weight is 434 g/mol. The van der Waals surface area contributed by atoms with E-state index in [9.17, 15) is 14.4 Å². The minimum absolute atomic E-state index is 0.161. The predicted octanol–water partition coefficient (Wildman–Crippen LogP) is 2.49. The molecule has 0 radical (unpaired) electrons. The molecule has 32 heavy (non-hydrogen) atoms. The number of imide groups is 1. The first-order valence-corrected chi connectivity index (χ1v) is 11.3. The van der Waals surface area contributed by atoms with Gasteiger partial charge >= 0.3 is 0 Å². The van der Waals surface area contributed by atoms with E-state index in [0.717, 1.165) is 30.8 Å². The Balaban J connectivity index is 1.22. The van der Waals surface area contributed by atoms with Crippen molar-refractivity contribution in [2.45, 2.75) is 50.9 Å². The van der Waals surface area contributed by atoms with Crippen LogP contribution in [-0.4, -0.2) is 52.8 Å². The molecule has 3 aliphatic heterocycles. The molecule has 3 heterocycles. The minimum atomic E-state index is -0.595. The number of likely N-dealkylation sites (tertiary alicyclic amines) is 1. The molecule has 7 heteroatoms. The lowest BCUT2D eigenvalue weighted by atomic mass is 10.0. The van der Waals surface area contributed by atoms with Gasteiger partial charge in [0.25, 0.3) is 5.91 Å². The van der Waals surface area contributed by atoms with Gasteiger partial charge in [0.05, 0.1) is 0 Å². The summed E-state index contributed by atoms with van der Waals surface area (Å²) in [5.74, 6) is -0.0861. The third-order valence-corrected chi connectivity index (χ3v) is 6.66. The molecule has 2 saturated heterocycles. The summed E-state index contributed by atoms with van der Waals surface area (Å²) in [6, 6.07) is 15.8. The van der Waals surface area contributed by atoms with E-state index in [4.69, 9.17) is 4.74 Å². The highest BCUT2D eigenvalue weighted by Gasteiger charge is 2.39. The average Bonchev–Trinajstić information content (AvgIpc) is 3.37. The fourth-order valence-electron chi connectivity index (χ4n) is 4.94. The van der Waals surface area contributed by atoms with Crippen LogP contribution in [0.2, 0.25) is 0 Å². The van der Waals surface area contributed by atoms with Gasteiger partial charge in [-0.3, -0.25) is 24.6 Å². The van der Waals surface area contributed by atoms with Crippen LogP contribution in [0, 0.1) is 0 Å². The van der Waals surface area contributed by atoms with E-state index in [-0.39, 0.29) is 18.2 Å². The molecule has 2 unspecified atom stereocenters. The maximum absolute atomic E-state index is 12.8. The second kappa shape index (κ2) is 8.74. The number of hydrogen-bond donors (Lipinski definition) is 1. The van der Waals surface area contributed by atoms with Crippen molar-refractivity contribution in [2.24, 2.45) is 0 Å². The first-order valence-electron chi connectivity index (χ1n) is 11.3. The Morgan fingerprint density at radius 3 is 2.69 bits per heavy atom. The Hall–Kier alpha value is -3.19. The van der Waals surface area contributed by atoms with Gasteiger partial charge in [0.1, 0.15) is 18.4 Å². The standard InChI is InChI=1S/C25H27N3O4/c29-23-11-10-22(24(30)26-23)28-15-18-13-20(8-9-21(18)25(28)31)32-16-19-7-4-12-27(19)14-17-5-2-1-3-6-17/h1-3,5-6,8-9,13,19,22H,4,7,10-12,14-16H2,(H,26,29,30). The fourth-order valence-corrected chi connectivity index (χ4v) is 4.94. The summed E-state index contributed by atoms with van der Waals surface area (Å²) in [7, 11) is 0. The van der Waals surface area contributed by atoms with Crippen molar-refractivity contribution in [3.05, 3.63) is 65.2 Å². The zero-order valence-electron chi connectivity index (χ0n) is 18.0. The molecule has 3 aliphatic rings. The summed E-state index contributed by atoms with van der Waals surface area (Å²) in [6.07, 6.45) is 2.90. The second-order valence-corrected chi connectivity index (χ2v) is 8.78. The molecule has 2 atom stereocenters. The summed E-state index contributed by atoms with van der Waals surface area (Å²) in [5, 5.41) is 2.34. The zero-order valence-corrected chi connectivity index (χ0v) is 18.0. The SMILES string of the molecule is O=C1CCC(N2Cc3cc(OCC4CCCN4Cc4ccccc4)ccc3C2=O)C(=O)N1. The summed E-state index contributed by atoms with van der Waals surface area (Å²) in [5.41, 5.74) is 2.78. The van der Waals surface area contributed by atoms with E-state index in [1.165, 1.54) is 12.0 Å². The van der Waals surface area contributed by atoms with Gasteiger partial charge in [0.2, 0.25) is 11.8 Å². The molecule has 166 valence electrons. The fraction of sp³-hybridized carbons (Fsp3) is 0.400.